The number of carbonyl (C=O) groups is 3. The summed E-state index contributed by atoms with van der Waals surface area (Å²) in [5, 5.41) is 15.4. The molecule has 0 saturated carbocycles. The van der Waals surface area contributed by atoms with E-state index in [1.165, 1.54) is 17.0 Å². The third-order valence-corrected chi connectivity index (χ3v) is 6.68. The van der Waals surface area contributed by atoms with E-state index in [0.29, 0.717) is 29.0 Å². The second-order valence-electron chi connectivity index (χ2n) is 11.1. The number of ether oxygens (including phenoxy) is 2. The number of aromatic hydroxyl groups is 1. The van der Waals surface area contributed by atoms with Crippen LogP contribution in [-0.4, -0.2) is 52.7 Å². The van der Waals surface area contributed by atoms with E-state index in [0.717, 1.165) is 0 Å². The fourth-order valence-corrected chi connectivity index (χ4v) is 4.45. The van der Waals surface area contributed by atoms with E-state index in [1.807, 2.05) is 32.0 Å². The summed E-state index contributed by atoms with van der Waals surface area (Å²) in [6.07, 6.45) is -0.0708. The SMILES string of the molecule is CCC(C)N(C(=O)C(Cc1ccc(O)cc1)NC(=O)OC(C)(C)C)C(C(=O)Nc1ccc(OC)cc1)c1ccccc1. The van der Waals surface area contributed by atoms with Gasteiger partial charge in [-0.1, -0.05) is 49.4 Å². The molecular formula is C33H41N3O6. The van der Waals surface area contributed by atoms with Gasteiger partial charge in [0.15, 0.2) is 0 Å². The van der Waals surface area contributed by atoms with Crippen LogP contribution in [0.1, 0.15) is 58.2 Å². The molecule has 0 heterocycles. The number of phenolic OH excluding ortho intramolecular Hbond substituents is 1. The van der Waals surface area contributed by atoms with Crippen molar-refractivity contribution >= 4 is 23.6 Å². The highest BCUT2D eigenvalue weighted by atomic mass is 16.6. The predicted molar refractivity (Wildman–Crippen MR) is 162 cm³/mol. The number of nitrogens with zero attached hydrogens (tertiary/aromatic N) is 1. The van der Waals surface area contributed by atoms with Crippen molar-refractivity contribution < 1.29 is 29.0 Å². The van der Waals surface area contributed by atoms with Crippen LogP contribution in [0.2, 0.25) is 0 Å². The Morgan fingerprint density at radius 1 is 0.929 bits per heavy atom. The summed E-state index contributed by atoms with van der Waals surface area (Å²) in [4.78, 5) is 42.9. The van der Waals surface area contributed by atoms with E-state index in [4.69, 9.17) is 9.47 Å². The number of alkyl carbamates (subject to hydrolysis) is 1. The van der Waals surface area contributed by atoms with Crippen LogP contribution >= 0.6 is 0 Å². The van der Waals surface area contributed by atoms with Crippen molar-refractivity contribution in [1.82, 2.24) is 10.2 Å². The highest BCUT2D eigenvalue weighted by molar-refractivity contribution is 5.99. The van der Waals surface area contributed by atoms with Gasteiger partial charge in [0.25, 0.3) is 5.91 Å². The monoisotopic (exact) mass is 575 g/mol. The maximum atomic E-state index is 14.5. The zero-order valence-electron chi connectivity index (χ0n) is 25.1. The standard InChI is InChI=1S/C33H41N3O6/c1-7-22(2)36(29(24-11-9-8-10-12-24)30(38)34-25-15-19-27(41-6)20-16-25)31(39)28(35-32(40)42-33(3,4)5)21-23-13-17-26(37)18-14-23/h8-20,22,28-29,37H,7,21H2,1-6H3,(H,34,38)(H,35,40). The first-order valence-corrected chi connectivity index (χ1v) is 14.0. The third kappa shape index (κ3) is 8.99. The van der Waals surface area contributed by atoms with E-state index in [2.05, 4.69) is 10.6 Å². The lowest BCUT2D eigenvalue weighted by Gasteiger charge is -2.38. The van der Waals surface area contributed by atoms with Gasteiger partial charge < -0.3 is 30.1 Å². The Labute approximate surface area is 247 Å². The summed E-state index contributed by atoms with van der Waals surface area (Å²) < 4.78 is 10.7. The van der Waals surface area contributed by atoms with Gasteiger partial charge >= 0.3 is 6.09 Å². The normalized spacial score (nSPS) is 13.3. The average molecular weight is 576 g/mol. The number of rotatable bonds is 11. The van der Waals surface area contributed by atoms with Crippen LogP contribution in [0.3, 0.4) is 0 Å². The molecule has 0 fully saturated rings. The van der Waals surface area contributed by atoms with E-state index < -0.39 is 35.6 Å². The van der Waals surface area contributed by atoms with Crippen molar-refractivity contribution in [1.29, 1.82) is 0 Å². The zero-order valence-corrected chi connectivity index (χ0v) is 25.1. The van der Waals surface area contributed by atoms with Crippen molar-refractivity contribution in [3.8, 4) is 11.5 Å². The minimum Gasteiger partial charge on any atom is -0.508 e. The molecule has 3 aromatic carbocycles. The van der Waals surface area contributed by atoms with Crippen LogP contribution in [0.25, 0.3) is 0 Å². The maximum Gasteiger partial charge on any atom is 0.408 e. The number of methoxy groups -OCH3 is 1. The molecule has 0 aliphatic heterocycles. The smallest absolute Gasteiger partial charge is 0.408 e. The number of carbonyl (C=O) groups excluding carboxylic acids is 3. The molecule has 9 nitrogen and oxygen atoms in total. The van der Waals surface area contributed by atoms with Crippen LogP contribution in [0.5, 0.6) is 11.5 Å². The van der Waals surface area contributed by atoms with Gasteiger partial charge in [-0.15, -0.1) is 0 Å². The van der Waals surface area contributed by atoms with Crippen molar-refractivity contribution in [3.05, 3.63) is 90.0 Å². The van der Waals surface area contributed by atoms with Gasteiger partial charge in [-0.05, 0) is 81.6 Å². The molecule has 0 aliphatic carbocycles. The first-order valence-electron chi connectivity index (χ1n) is 14.0. The fourth-order valence-electron chi connectivity index (χ4n) is 4.45. The molecule has 9 heteroatoms. The van der Waals surface area contributed by atoms with Crippen LogP contribution in [0.15, 0.2) is 78.9 Å². The molecule has 3 atom stereocenters. The molecule has 0 saturated heterocycles. The highest BCUT2D eigenvalue weighted by Gasteiger charge is 2.38. The second-order valence-corrected chi connectivity index (χ2v) is 11.1. The Balaban J connectivity index is 2.04. The van der Waals surface area contributed by atoms with E-state index in [1.54, 1.807) is 76.4 Å². The van der Waals surface area contributed by atoms with Crippen LogP contribution in [0, 0.1) is 0 Å². The summed E-state index contributed by atoms with van der Waals surface area (Å²) in [6.45, 7) is 9.03. The third-order valence-electron chi connectivity index (χ3n) is 6.68. The van der Waals surface area contributed by atoms with Gasteiger partial charge in [-0.2, -0.15) is 0 Å². The number of amides is 3. The molecule has 0 aliphatic rings. The average Bonchev–Trinajstić information content (AvgIpc) is 2.95. The summed E-state index contributed by atoms with van der Waals surface area (Å²) >= 11 is 0. The lowest BCUT2D eigenvalue weighted by atomic mass is 9.98. The molecule has 3 unspecified atom stereocenters. The van der Waals surface area contributed by atoms with Gasteiger partial charge in [0, 0.05) is 18.2 Å². The number of nitrogens with one attached hydrogen (secondary N) is 2. The number of benzene rings is 3. The molecule has 0 bridgehead atoms. The number of phenols is 1. The maximum absolute atomic E-state index is 14.5. The number of hydrogen-bond acceptors (Lipinski definition) is 6. The Kier molecular flexibility index (Phi) is 11.0. The van der Waals surface area contributed by atoms with Gasteiger partial charge in [0.2, 0.25) is 5.91 Å². The summed E-state index contributed by atoms with van der Waals surface area (Å²) in [7, 11) is 1.56. The summed E-state index contributed by atoms with van der Waals surface area (Å²) in [6, 6.07) is 20.0. The Hall–Kier alpha value is -4.53. The first kappa shape index (κ1) is 32.0. The molecule has 0 spiro atoms. The topological polar surface area (TPSA) is 117 Å². The second kappa shape index (κ2) is 14.4. The number of hydrogen-bond donors (Lipinski definition) is 3. The van der Waals surface area contributed by atoms with Crippen molar-refractivity contribution in [3.63, 3.8) is 0 Å². The van der Waals surface area contributed by atoms with Crippen molar-refractivity contribution in [2.75, 3.05) is 12.4 Å². The Morgan fingerprint density at radius 3 is 2.10 bits per heavy atom. The molecule has 42 heavy (non-hydrogen) atoms. The largest absolute Gasteiger partial charge is 0.508 e. The van der Waals surface area contributed by atoms with Crippen LogP contribution in [-0.2, 0) is 20.7 Å². The van der Waals surface area contributed by atoms with Crippen molar-refractivity contribution in [2.24, 2.45) is 0 Å². The van der Waals surface area contributed by atoms with E-state index in [9.17, 15) is 19.5 Å². The molecule has 3 amide bonds. The molecular weight excluding hydrogens is 534 g/mol. The summed E-state index contributed by atoms with van der Waals surface area (Å²) in [5.74, 6) is -0.112. The summed E-state index contributed by atoms with van der Waals surface area (Å²) in [5.41, 5.74) is 1.10. The Bertz CT molecular complexity index is 1320. The van der Waals surface area contributed by atoms with E-state index >= 15 is 0 Å². The molecule has 0 radical (unpaired) electrons. The van der Waals surface area contributed by atoms with Gasteiger partial charge in [-0.3, -0.25) is 9.59 Å². The lowest BCUT2D eigenvalue weighted by Crippen LogP contribution is -2.55. The van der Waals surface area contributed by atoms with Gasteiger partial charge in [0.1, 0.15) is 29.2 Å². The van der Waals surface area contributed by atoms with Gasteiger partial charge in [0.05, 0.1) is 7.11 Å². The van der Waals surface area contributed by atoms with Gasteiger partial charge in [-0.25, -0.2) is 4.79 Å². The molecule has 3 N–H and O–H groups in total. The zero-order chi connectivity index (χ0) is 30.9. The van der Waals surface area contributed by atoms with Crippen molar-refractivity contribution in [2.45, 2.75) is 71.2 Å². The fraction of sp³-hybridized carbons (Fsp3) is 0.364. The molecule has 0 aromatic heterocycles. The van der Waals surface area contributed by atoms with Crippen LogP contribution < -0.4 is 15.4 Å². The van der Waals surface area contributed by atoms with E-state index in [-0.39, 0.29) is 18.2 Å². The quantitative estimate of drug-likeness (QED) is 0.264. The highest BCUT2D eigenvalue weighted by Crippen LogP contribution is 2.28. The number of anilines is 1. The Morgan fingerprint density at radius 2 is 1.55 bits per heavy atom. The minimum absolute atomic E-state index is 0.0855. The molecule has 3 aromatic rings. The molecule has 3 rings (SSSR count). The lowest BCUT2D eigenvalue weighted by molar-refractivity contribution is -0.143. The predicted octanol–water partition coefficient (Wildman–Crippen LogP) is 5.84. The first-order chi connectivity index (χ1) is 19.9. The minimum atomic E-state index is -1.06. The van der Waals surface area contributed by atoms with Crippen LogP contribution in [0.4, 0.5) is 10.5 Å². The molecule has 224 valence electrons.